The van der Waals surface area contributed by atoms with Crippen LogP contribution in [0.2, 0.25) is 0 Å². The number of nitrogens with zero attached hydrogens (tertiary/aromatic N) is 1. The fraction of sp³-hybridized carbons (Fsp3) is 0.368. The standard InChI is InChI=1S/C19H24N2O2S/c1-3-21(4-2)16-12-10-15(11-13-16)20-19(23)9-5-7-17(22)18-8-6-14-24-18/h6,8,10-14H,3-5,7,9H2,1-2H3,(H,20,23). The van der Waals surface area contributed by atoms with Crippen LogP contribution in [0.4, 0.5) is 11.4 Å². The van der Waals surface area contributed by atoms with E-state index >= 15 is 0 Å². The molecule has 1 heterocycles. The van der Waals surface area contributed by atoms with Crippen LogP contribution in [0, 0.1) is 0 Å². The smallest absolute Gasteiger partial charge is 0.224 e. The molecule has 0 radical (unpaired) electrons. The van der Waals surface area contributed by atoms with E-state index in [1.54, 1.807) is 0 Å². The van der Waals surface area contributed by atoms with Gasteiger partial charge in [-0.3, -0.25) is 9.59 Å². The SMILES string of the molecule is CCN(CC)c1ccc(NC(=O)CCCC(=O)c2cccs2)cc1. The Balaban J connectivity index is 1.77. The van der Waals surface area contributed by atoms with Crippen LogP contribution in [0.1, 0.15) is 42.8 Å². The second-order valence-electron chi connectivity index (χ2n) is 5.52. The van der Waals surface area contributed by atoms with Crippen molar-refractivity contribution in [3.05, 3.63) is 46.7 Å². The van der Waals surface area contributed by atoms with E-state index in [1.165, 1.54) is 11.3 Å². The monoisotopic (exact) mass is 344 g/mol. The number of hydrogen-bond donors (Lipinski definition) is 1. The van der Waals surface area contributed by atoms with E-state index in [1.807, 2.05) is 41.8 Å². The molecule has 24 heavy (non-hydrogen) atoms. The van der Waals surface area contributed by atoms with Crippen molar-refractivity contribution in [2.45, 2.75) is 33.1 Å². The molecule has 5 heteroatoms. The van der Waals surface area contributed by atoms with Gasteiger partial charge in [0.1, 0.15) is 0 Å². The lowest BCUT2D eigenvalue weighted by Gasteiger charge is -2.21. The van der Waals surface area contributed by atoms with E-state index in [2.05, 4.69) is 24.1 Å². The first-order chi connectivity index (χ1) is 11.6. The van der Waals surface area contributed by atoms with E-state index in [9.17, 15) is 9.59 Å². The lowest BCUT2D eigenvalue weighted by Crippen LogP contribution is -2.21. The summed E-state index contributed by atoms with van der Waals surface area (Å²) in [5.41, 5.74) is 1.94. The fourth-order valence-corrected chi connectivity index (χ4v) is 3.23. The highest BCUT2D eigenvalue weighted by Crippen LogP contribution is 2.18. The molecule has 0 saturated carbocycles. The molecule has 128 valence electrons. The summed E-state index contributed by atoms with van der Waals surface area (Å²) in [5, 5.41) is 4.78. The molecule has 0 aliphatic rings. The molecule has 0 unspecified atom stereocenters. The van der Waals surface area contributed by atoms with Crippen LogP contribution in [-0.2, 0) is 4.79 Å². The number of thiophene rings is 1. The Labute approximate surface area is 147 Å². The molecule has 2 aromatic rings. The van der Waals surface area contributed by atoms with E-state index in [0.717, 1.165) is 29.3 Å². The van der Waals surface area contributed by atoms with Gasteiger partial charge in [0.2, 0.25) is 5.91 Å². The largest absolute Gasteiger partial charge is 0.372 e. The lowest BCUT2D eigenvalue weighted by molar-refractivity contribution is -0.116. The van der Waals surface area contributed by atoms with Gasteiger partial charge in [-0.05, 0) is 56.0 Å². The zero-order chi connectivity index (χ0) is 17.4. The van der Waals surface area contributed by atoms with Gasteiger partial charge in [0.25, 0.3) is 0 Å². The van der Waals surface area contributed by atoms with Crippen molar-refractivity contribution in [3.63, 3.8) is 0 Å². The van der Waals surface area contributed by atoms with Gasteiger partial charge in [0, 0.05) is 37.3 Å². The number of Topliss-reactive ketones (excluding diaryl/α,β-unsaturated/α-hetero) is 1. The van der Waals surface area contributed by atoms with Crippen molar-refractivity contribution in [1.29, 1.82) is 0 Å². The van der Waals surface area contributed by atoms with Crippen LogP contribution in [0.15, 0.2) is 41.8 Å². The first-order valence-electron chi connectivity index (χ1n) is 8.35. The highest BCUT2D eigenvalue weighted by Gasteiger charge is 2.09. The second-order valence-corrected chi connectivity index (χ2v) is 6.47. The average Bonchev–Trinajstić information content (AvgIpc) is 3.12. The van der Waals surface area contributed by atoms with Crippen molar-refractivity contribution >= 4 is 34.4 Å². The zero-order valence-electron chi connectivity index (χ0n) is 14.2. The van der Waals surface area contributed by atoms with Crippen LogP contribution in [0.25, 0.3) is 0 Å². The fourth-order valence-electron chi connectivity index (χ4n) is 2.54. The highest BCUT2D eigenvalue weighted by atomic mass is 32.1. The molecule has 2 rings (SSSR count). The number of amides is 1. The van der Waals surface area contributed by atoms with Crippen LogP contribution >= 0.6 is 11.3 Å². The topological polar surface area (TPSA) is 49.4 Å². The molecular formula is C19H24N2O2S. The molecule has 1 aromatic heterocycles. The Hall–Kier alpha value is -2.14. The van der Waals surface area contributed by atoms with Crippen LogP contribution < -0.4 is 10.2 Å². The van der Waals surface area contributed by atoms with Gasteiger partial charge in [0.05, 0.1) is 4.88 Å². The molecule has 0 fully saturated rings. The second kappa shape index (κ2) is 9.23. The lowest BCUT2D eigenvalue weighted by atomic mass is 10.1. The summed E-state index contributed by atoms with van der Waals surface area (Å²) in [5.74, 6) is 0.0611. The maximum atomic E-state index is 12.0. The van der Waals surface area contributed by atoms with Gasteiger partial charge >= 0.3 is 0 Å². The van der Waals surface area contributed by atoms with E-state index < -0.39 is 0 Å². The molecule has 1 amide bonds. The third-order valence-electron chi connectivity index (χ3n) is 3.88. The van der Waals surface area contributed by atoms with E-state index in [4.69, 9.17) is 0 Å². The van der Waals surface area contributed by atoms with Crippen LogP contribution in [-0.4, -0.2) is 24.8 Å². The average molecular weight is 344 g/mol. The van der Waals surface area contributed by atoms with Gasteiger partial charge in [0.15, 0.2) is 5.78 Å². The Morgan fingerprint density at radius 1 is 1.04 bits per heavy atom. The molecule has 4 nitrogen and oxygen atoms in total. The quantitative estimate of drug-likeness (QED) is 0.677. The number of carbonyl (C=O) groups is 2. The minimum absolute atomic E-state index is 0.0513. The molecule has 0 aliphatic heterocycles. The number of ketones is 1. The normalized spacial score (nSPS) is 10.4. The van der Waals surface area contributed by atoms with Crippen molar-refractivity contribution < 1.29 is 9.59 Å². The number of carbonyl (C=O) groups excluding carboxylic acids is 2. The molecule has 0 aliphatic carbocycles. The number of nitrogens with one attached hydrogen (secondary N) is 1. The summed E-state index contributed by atoms with van der Waals surface area (Å²) in [6, 6.07) is 11.6. The first-order valence-corrected chi connectivity index (χ1v) is 9.23. The van der Waals surface area contributed by atoms with Crippen LogP contribution in [0.3, 0.4) is 0 Å². The number of rotatable bonds is 9. The van der Waals surface area contributed by atoms with Crippen molar-refractivity contribution in [3.8, 4) is 0 Å². The van der Waals surface area contributed by atoms with Crippen molar-refractivity contribution in [2.75, 3.05) is 23.3 Å². The summed E-state index contributed by atoms with van der Waals surface area (Å²) >= 11 is 1.45. The maximum Gasteiger partial charge on any atom is 0.224 e. The third kappa shape index (κ3) is 5.20. The summed E-state index contributed by atoms with van der Waals surface area (Å²) in [7, 11) is 0. The zero-order valence-corrected chi connectivity index (χ0v) is 15.1. The maximum absolute atomic E-state index is 12.0. The van der Waals surface area contributed by atoms with Gasteiger partial charge in [-0.25, -0.2) is 0 Å². The first kappa shape index (κ1) is 18.2. The minimum atomic E-state index is -0.0513. The summed E-state index contributed by atoms with van der Waals surface area (Å²) in [6.07, 6.45) is 1.34. The Morgan fingerprint density at radius 2 is 1.75 bits per heavy atom. The molecular weight excluding hydrogens is 320 g/mol. The predicted molar refractivity (Wildman–Crippen MR) is 101 cm³/mol. The molecule has 0 spiro atoms. The Morgan fingerprint density at radius 3 is 2.33 bits per heavy atom. The Bertz CT molecular complexity index is 647. The minimum Gasteiger partial charge on any atom is -0.372 e. The van der Waals surface area contributed by atoms with E-state index in [-0.39, 0.29) is 11.7 Å². The Kier molecular flexibility index (Phi) is 7.00. The summed E-state index contributed by atoms with van der Waals surface area (Å²) < 4.78 is 0. The molecule has 0 saturated heterocycles. The number of hydrogen-bond acceptors (Lipinski definition) is 4. The van der Waals surface area contributed by atoms with Gasteiger partial charge in [-0.2, -0.15) is 0 Å². The van der Waals surface area contributed by atoms with E-state index in [0.29, 0.717) is 19.3 Å². The third-order valence-corrected chi connectivity index (χ3v) is 4.79. The summed E-state index contributed by atoms with van der Waals surface area (Å²) in [6.45, 7) is 6.16. The molecule has 1 aromatic carbocycles. The number of anilines is 2. The van der Waals surface area contributed by atoms with Gasteiger partial charge in [-0.15, -0.1) is 11.3 Å². The number of benzene rings is 1. The van der Waals surface area contributed by atoms with Gasteiger partial charge < -0.3 is 10.2 Å². The molecule has 0 bridgehead atoms. The van der Waals surface area contributed by atoms with Crippen molar-refractivity contribution in [1.82, 2.24) is 0 Å². The predicted octanol–water partition coefficient (Wildman–Crippen LogP) is 4.59. The van der Waals surface area contributed by atoms with Gasteiger partial charge in [-0.1, -0.05) is 6.07 Å². The highest BCUT2D eigenvalue weighted by molar-refractivity contribution is 7.12. The summed E-state index contributed by atoms with van der Waals surface area (Å²) in [4.78, 5) is 26.9. The van der Waals surface area contributed by atoms with Crippen molar-refractivity contribution in [2.24, 2.45) is 0 Å². The molecule has 0 atom stereocenters. The van der Waals surface area contributed by atoms with Crippen LogP contribution in [0.5, 0.6) is 0 Å². The molecule has 1 N–H and O–H groups in total.